The van der Waals surface area contributed by atoms with Crippen molar-refractivity contribution in [2.45, 2.75) is 44.6 Å². The largest absolute Gasteiger partial charge is 0.354 e. The summed E-state index contributed by atoms with van der Waals surface area (Å²) in [5.74, 6) is 0.217. The van der Waals surface area contributed by atoms with Crippen molar-refractivity contribution in [3.63, 3.8) is 0 Å². The van der Waals surface area contributed by atoms with E-state index in [1.165, 1.54) is 0 Å². The van der Waals surface area contributed by atoms with Crippen LogP contribution in [-0.4, -0.2) is 53.7 Å². The maximum Gasteiger partial charge on any atom is 0.226 e. The second kappa shape index (κ2) is 11.1. The molecule has 6 heteroatoms. The van der Waals surface area contributed by atoms with Gasteiger partial charge in [0.15, 0.2) is 0 Å². The number of benzene rings is 2. The fourth-order valence-electron chi connectivity index (χ4n) is 4.49. The molecular weight excluding hydrogens is 414 g/mol. The van der Waals surface area contributed by atoms with Gasteiger partial charge in [-0.2, -0.15) is 0 Å². The molecule has 4 rings (SSSR count). The highest BCUT2D eigenvalue weighted by Crippen LogP contribution is 2.35. The molecule has 1 atom stereocenters. The predicted octanol–water partition coefficient (Wildman–Crippen LogP) is 3.34. The van der Waals surface area contributed by atoms with E-state index < -0.39 is 0 Å². The van der Waals surface area contributed by atoms with E-state index >= 15 is 0 Å². The van der Waals surface area contributed by atoms with Gasteiger partial charge < -0.3 is 15.1 Å². The number of carbonyl (C=O) groups is 3. The van der Waals surface area contributed by atoms with E-state index in [0.29, 0.717) is 45.4 Å². The minimum absolute atomic E-state index is 0.0769. The molecule has 0 radical (unpaired) electrons. The van der Waals surface area contributed by atoms with E-state index in [9.17, 15) is 14.4 Å². The summed E-state index contributed by atoms with van der Waals surface area (Å²) >= 11 is 0. The molecular formula is C27H33N3O3. The lowest BCUT2D eigenvalue weighted by molar-refractivity contribution is -0.136. The Morgan fingerprint density at radius 1 is 0.909 bits per heavy atom. The molecule has 1 saturated heterocycles. The van der Waals surface area contributed by atoms with Crippen LogP contribution in [0.4, 0.5) is 0 Å². The number of hydrogen-bond acceptors (Lipinski definition) is 3. The van der Waals surface area contributed by atoms with Crippen molar-refractivity contribution >= 4 is 17.7 Å². The summed E-state index contributed by atoms with van der Waals surface area (Å²) in [6.07, 6.45) is 3.93. The lowest BCUT2D eigenvalue weighted by Crippen LogP contribution is -2.39. The molecule has 6 nitrogen and oxygen atoms in total. The molecule has 2 aliphatic rings. The van der Waals surface area contributed by atoms with Gasteiger partial charge in [-0.25, -0.2) is 0 Å². The van der Waals surface area contributed by atoms with E-state index in [4.69, 9.17) is 0 Å². The van der Waals surface area contributed by atoms with Crippen molar-refractivity contribution in [3.05, 3.63) is 71.8 Å². The topological polar surface area (TPSA) is 69.7 Å². The molecule has 0 bridgehead atoms. The quantitative estimate of drug-likeness (QED) is 0.764. The fraction of sp³-hybridized carbons (Fsp3) is 0.444. The van der Waals surface area contributed by atoms with E-state index in [-0.39, 0.29) is 36.1 Å². The van der Waals surface area contributed by atoms with Gasteiger partial charge in [0.25, 0.3) is 0 Å². The zero-order valence-electron chi connectivity index (χ0n) is 19.1. The van der Waals surface area contributed by atoms with Crippen LogP contribution in [0.5, 0.6) is 0 Å². The molecule has 33 heavy (non-hydrogen) atoms. The van der Waals surface area contributed by atoms with E-state index in [2.05, 4.69) is 5.32 Å². The normalized spacial score (nSPS) is 20.0. The van der Waals surface area contributed by atoms with Crippen molar-refractivity contribution in [1.82, 2.24) is 15.1 Å². The third kappa shape index (κ3) is 6.44. The van der Waals surface area contributed by atoms with E-state index in [0.717, 1.165) is 24.0 Å². The van der Waals surface area contributed by atoms with Crippen molar-refractivity contribution in [3.8, 4) is 0 Å². The fourth-order valence-corrected chi connectivity index (χ4v) is 4.49. The zero-order chi connectivity index (χ0) is 23.0. The lowest BCUT2D eigenvalue weighted by atomic mass is 10.0. The van der Waals surface area contributed by atoms with Gasteiger partial charge >= 0.3 is 0 Å². The second-order valence-corrected chi connectivity index (χ2v) is 9.01. The third-order valence-electron chi connectivity index (χ3n) is 6.50. The standard InChI is InChI=1S/C27H33N3O3/c31-25-20-24(22-10-5-2-6-11-22)30(27(33)23-13-14-23)18-7-17-29(19-16-28-25)26(32)15-12-21-8-3-1-4-9-21/h1-6,8-11,23-24H,7,12-20H2,(H,28,31). The number of nitrogens with one attached hydrogen (secondary N) is 1. The Labute approximate surface area is 196 Å². The van der Waals surface area contributed by atoms with Gasteiger partial charge in [-0.1, -0.05) is 60.7 Å². The Morgan fingerprint density at radius 3 is 2.30 bits per heavy atom. The number of rotatable bonds is 5. The number of amides is 3. The van der Waals surface area contributed by atoms with Gasteiger partial charge in [0, 0.05) is 38.5 Å². The first kappa shape index (κ1) is 23.0. The molecule has 0 aromatic heterocycles. The van der Waals surface area contributed by atoms with Gasteiger partial charge in [-0.15, -0.1) is 0 Å². The molecule has 1 N–H and O–H groups in total. The van der Waals surface area contributed by atoms with Crippen LogP contribution in [0.15, 0.2) is 60.7 Å². The molecule has 1 aliphatic carbocycles. The monoisotopic (exact) mass is 447 g/mol. The van der Waals surface area contributed by atoms with Gasteiger partial charge in [-0.05, 0) is 36.8 Å². The lowest BCUT2D eigenvalue weighted by Gasteiger charge is -2.32. The molecule has 2 aromatic carbocycles. The summed E-state index contributed by atoms with van der Waals surface area (Å²) in [4.78, 5) is 42.7. The van der Waals surface area contributed by atoms with Crippen LogP contribution < -0.4 is 5.32 Å². The third-order valence-corrected chi connectivity index (χ3v) is 6.50. The first-order valence-electron chi connectivity index (χ1n) is 12.1. The first-order valence-corrected chi connectivity index (χ1v) is 12.1. The number of carbonyl (C=O) groups excluding carboxylic acids is 3. The molecule has 1 unspecified atom stereocenters. The molecule has 1 heterocycles. The van der Waals surface area contributed by atoms with Gasteiger partial charge in [0.2, 0.25) is 17.7 Å². The zero-order valence-corrected chi connectivity index (χ0v) is 19.1. The van der Waals surface area contributed by atoms with Crippen molar-refractivity contribution in [1.29, 1.82) is 0 Å². The average molecular weight is 448 g/mol. The maximum atomic E-state index is 13.2. The molecule has 0 spiro atoms. The highest BCUT2D eigenvalue weighted by molar-refractivity contribution is 5.83. The summed E-state index contributed by atoms with van der Waals surface area (Å²) in [5.41, 5.74) is 2.13. The van der Waals surface area contributed by atoms with Gasteiger partial charge in [-0.3, -0.25) is 14.4 Å². The van der Waals surface area contributed by atoms with Crippen LogP contribution >= 0.6 is 0 Å². The molecule has 2 aromatic rings. The smallest absolute Gasteiger partial charge is 0.226 e. The van der Waals surface area contributed by atoms with Crippen LogP contribution in [-0.2, 0) is 20.8 Å². The number of nitrogens with zero attached hydrogens (tertiary/aromatic N) is 2. The van der Waals surface area contributed by atoms with E-state index in [1.807, 2.05) is 70.5 Å². The van der Waals surface area contributed by atoms with Crippen molar-refractivity contribution in [2.75, 3.05) is 26.2 Å². The Bertz CT molecular complexity index is 944. The van der Waals surface area contributed by atoms with Gasteiger partial charge in [0.1, 0.15) is 0 Å². The van der Waals surface area contributed by atoms with Crippen LogP contribution in [0.3, 0.4) is 0 Å². The van der Waals surface area contributed by atoms with Crippen molar-refractivity contribution < 1.29 is 14.4 Å². The molecule has 2 fully saturated rings. The minimum atomic E-state index is -0.278. The molecule has 174 valence electrons. The van der Waals surface area contributed by atoms with Gasteiger partial charge in [0.05, 0.1) is 12.5 Å². The summed E-state index contributed by atoms with van der Waals surface area (Å²) in [5, 5.41) is 2.97. The van der Waals surface area contributed by atoms with Crippen LogP contribution in [0.1, 0.15) is 49.3 Å². The van der Waals surface area contributed by atoms with Crippen LogP contribution in [0, 0.1) is 5.92 Å². The molecule has 1 aliphatic heterocycles. The highest BCUT2D eigenvalue weighted by Gasteiger charge is 2.37. The van der Waals surface area contributed by atoms with E-state index in [1.54, 1.807) is 0 Å². The second-order valence-electron chi connectivity index (χ2n) is 9.01. The summed E-state index contributed by atoms with van der Waals surface area (Å²) in [7, 11) is 0. The average Bonchev–Trinajstić information content (AvgIpc) is 3.69. The van der Waals surface area contributed by atoms with Crippen LogP contribution in [0.2, 0.25) is 0 Å². The first-order chi connectivity index (χ1) is 16.1. The summed E-state index contributed by atoms with van der Waals surface area (Å²) in [6.45, 7) is 2.05. The molecule has 1 saturated carbocycles. The Balaban J connectivity index is 1.46. The number of hydrogen-bond donors (Lipinski definition) is 1. The predicted molar refractivity (Wildman–Crippen MR) is 127 cm³/mol. The summed E-state index contributed by atoms with van der Waals surface area (Å²) in [6, 6.07) is 19.6. The minimum Gasteiger partial charge on any atom is -0.354 e. The maximum absolute atomic E-state index is 13.2. The highest BCUT2D eigenvalue weighted by atomic mass is 16.2. The number of aryl methyl sites for hydroxylation is 1. The SMILES string of the molecule is O=C1CC(c2ccccc2)N(C(=O)C2CC2)CCCN(C(=O)CCc2ccccc2)CCN1. The Morgan fingerprint density at radius 2 is 1.61 bits per heavy atom. The van der Waals surface area contributed by atoms with Crippen molar-refractivity contribution in [2.24, 2.45) is 5.92 Å². The van der Waals surface area contributed by atoms with Crippen LogP contribution in [0.25, 0.3) is 0 Å². The Hall–Kier alpha value is -3.15. The molecule has 3 amide bonds. The Kier molecular flexibility index (Phi) is 7.76. The summed E-state index contributed by atoms with van der Waals surface area (Å²) < 4.78 is 0.